The Morgan fingerprint density at radius 1 is 1.13 bits per heavy atom. The molecule has 0 saturated heterocycles. The minimum absolute atomic E-state index is 0.0173. The lowest BCUT2D eigenvalue weighted by atomic mass is 9.99. The first kappa shape index (κ1) is 21.2. The molecule has 6 nitrogen and oxygen atoms in total. The van der Waals surface area contributed by atoms with E-state index in [1.807, 2.05) is 4.90 Å². The van der Waals surface area contributed by atoms with Crippen molar-refractivity contribution in [2.45, 2.75) is 12.7 Å². The van der Waals surface area contributed by atoms with E-state index in [0.29, 0.717) is 24.5 Å². The second kappa shape index (κ2) is 8.24. The minimum atomic E-state index is -4.89. The molecule has 4 rings (SSSR count). The fraction of sp³-hybridized carbons (Fsp3) is 0.318. The summed E-state index contributed by atoms with van der Waals surface area (Å²) in [7, 11) is 2.89. The summed E-state index contributed by atoms with van der Waals surface area (Å²) in [6, 6.07) is 9.07. The van der Waals surface area contributed by atoms with Gasteiger partial charge < -0.3 is 18.6 Å². The number of ether oxygens (including phenoxy) is 3. The van der Waals surface area contributed by atoms with Gasteiger partial charge in [-0.2, -0.15) is 13.2 Å². The van der Waals surface area contributed by atoms with E-state index in [0.717, 1.165) is 0 Å². The van der Waals surface area contributed by atoms with E-state index < -0.39 is 22.9 Å². The van der Waals surface area contributed by atoms with E-state index in [1.165, 1.54) is 31.4 Å². The molecule has 0 bridgehead atoms. The predicted octanol–water partition coefficient (Wildman–Crippen LogP) is 4.29. The molecule has 0 atom stereocenters. The summed E-state index contributed by atoms with van der Waals surface area (Å²) in [6.45, 7) is 1.48. The van der Waals surface area contributed by atoms with Gasteiger partial charge in [-0.3, -0.25) is 9.69 Å². The quantitative estimate of drug-likeness (QED) is 0.596. The van der Waals surface area contributed by atoms with Crippen LogP contribution in [0.4, 0.5) is 13.2 Å². The molecule has 0 spiro atoms. The molecule has 0 saturated carbocycles. The monoisotopic (exact) mass is 435 g/mol. The number of hydrogen-bond acceptors (Lipinski definition) is 6. The molecular weight excluding hydrogens is 415 g/mol. The number of fused-ring (bicyclic) bond motifs is 3. The maximum absolute atomic E-state index is 14.0. The summed E-state index contributed by atoms with van der Waals surface area (Å²) in [5.41, 5.74) is -1.08. The van der Waals surface area contributed by atoms with Crippen molar-refractivity contribution in [3.63, 3.8) is 0 Å². The van der Waals surface area contributed by atoms with Gasteiger partial charge in [0, 0.05) is 25.8 Å². The lowest BCUT2D eigenvalue weighted by Gasteiger charge is -2.29. The number of methoxy groups -OCH3 is 2. The van der Waals surface area contributed by atoms with Crippen molar-refractivity contribution in [3.05, 3.63) is 57.9 Å². The van der Waals surface area contributed by atoms with Crippen LogP contribution >= 0.6 is 0 Å². The third kappa shape index (κ3) is 3.86. The van der Waals surface area contributed by atoms with E-state index in [4.69, 9.17) is 18.6 Å². The first-order valence-electron chi connectivity index (χ1n) is 9.52. The average Bonchev–Trinajstić information content (AvgIpc) is 2.76. The Hall–Kier alpha value is -3.04. The Morgan fingerprint density at radius 3 is 2.61 bits per heavy atom. The summed E-state index contributed by atoms with van der Waals surface area (Å²) in [5.74, 6) is -0.828. The number of nitrogens with zero attached hydrogens (tertiary/aromatic N) is 1. The summed E-state index contributed by atoms with van der Waals surface area (Å²) in [6.07, 6.45) is -4.89. The van der Waals surface area contributed by atoms with Gasteiger partial charge in [0.1, 0.15) is 23.8 Å². The van der Waals surface area contributed by atoms with Crippen LogP contribution in [0, 0.1) is 0 Å². The molecule has 0 N–H and O–H groups in total. The van der Waals surface area contributed by atoms with Gasteiger partial charge in [-0.05, 0) is 18.2 Å². The zero-order valence-corrected chi connectivity index (χ0v) is 16.9. The van der Waals surface area contributed by atoms with Crippen LogP contribution in [-0.2, 0) is 17.5 Å². The van der Waals surface area contributed by atoms with Crippen LogP contribution in [0.2, 0.25) is 0 Å². The Morgan fingerprint density at radius 2 is 1.90 bits per heavy atom. The molecule has 31 heavy (non-hydrogen) atoms. The molecule has 164 valence electrons. The maximum atomic E-state index is 14.0. The Balaban J connectivity index is 1.98. The van der Waals surface area contributed by atoms with Crippen LogP contribution in [0.3, 0.4) is 0 Å². The van der Waals surface area contributed by atoms with E-state index in [9.17, 15) is 18.0 Å². The molecule has 0 fully saturated rings. The molecule has 2 aromatic carbocycles. The van der Waals surface area contributed by atoms with Crippen LogP contribution < -0.4 is 14.9 Å². The summed E-state index contributed by atoms with van der Waals surface area (Å²) >= 11 is 0. The van der Waals surface area contributed by atoms with Gasteiger partial charge in [0.05, 0.1) is 30.2 Å². The van der Waals surface area contributed by atoms with Crippen LogP contribution in [0.15, 0.2) is 45.6 Å². The number of rotatable bonds is 5. The van der Waals surface area contributed by atoms with Crippen LogP contribution in [0.1, 0.15) is 11.3 Å². The van der Waals surface area contributed by atoms with Crippen molar-refractivity contribution >= 4 is 11.0 Å². The van der Waals surface area contributed by atoms with Crippen LogP contribution in [-0.4, -0.2) is 39.0 Å². The molecule has 0 aliphatic carbocycles. The molecule has 0 unspecified atom stereocenters. The fourth-order valence-corrected chi connectivity index (χ4v) is 3.67. The van der Waals surface area contributed by atoms with Crippen molar-refractivity contribution in [2.75, 3.05) is 34.1 Å². The first-order chi connectivity index (χ1) is 14.8. The van der Waals surface area contributed by atoms with Crippen molar-refractivity contribution < 1.29 is 31.8 Å². The molecular formula is C22H20F3NO5. The van der Waals surface area contributed by atoms with Gasteiger partial charge >= 0.3 is 6.18 Å². The molecule has 2 heterocycles. The fourth-order valence-electron chi connectivity index (χ4n) is 3.67. The topological polar surface area (TPSA) is 61.1 Å². The van der Waals surface area contributed by atoms with Gasteiger partial charge in [0.2, 0.25) is 11.2 Å². The lowest BCUT2D eigenvalue weighted by Crippen LogP contribution is -2.34. The van der Waals surface area contributed by atoms with Crippen molar-refractivity contribution in [1.29, 1.82) is 0 Å². The van der Waals surface area contributed by atoms with Crippen molar-refractivity contribution in [3.8, 4) is 22.6 Å². The normalized spacial score (nSPS) is 14.4. The Labute approximate surface area is 175 Å². The van der Waals surface area contributed by atoms with Gasteiger partial charge in [-0.1, -0.05) is 18.2 Å². The third-order valence-electron chi connectivity index (χ3n) is 5.15. The molecule has 1 aliphatic heterocycles. The number of halogens is 3. The van der Waals surface area contributed by atoms with E-state index >= 15 is 0 Å². The summed E-state index contributed by atoms with van der Waals surface area (Å²) in [5, 5.41) is 0.0462. The summed E-state index contributed by atoms with van der Waals surface area (Å²) in [4.78, 5) is 15.2. The molecule has 9 heteroatoms. The standard InChI is InChI=1S/C22H20F3NO5/c1-28-10-9-26-11-15-17(30-12-26)8-7-14-19(27)18(13-5-3-4-6-16(13)29-2)21(22(23,24)25)31-20(14)15/h3-8H,9-12H2,1-2H3. The lowest BCUT2D eigenvalue weighted by molar-refractivity contribution is -0.152. The zero-order chi connectivity index (χ0) is 22.2. The van der Waals surface area contributed by atoms with E-state index in [1.54, 1.807) is 19.2 Å². The second-order valence-electron chi connectivity index (χ2n) is 7.07. The van der Waals surface area contributed by atoms with E-state index in [2.05, 4.69) is 0 Å². The number of hydrogen-bond donors (Lipinski definition) is 0. The number of para-hydroxylation sites is 1. The van der Waals surface area contributed by atoms with Gasteiger partial charge in [0.25, 0.3) is 0 Å². The highest BCUT2D eigenvalue weighted by atomic mass is 19.4. The second-order valence-corrected chi connectivity index (χ2v) is 7.07. The first-order valence-corrected chi connectivity index (χ1v) is 9.52. The molecule has 0 amide bonds. The number of alkyl halides is 3. The van der Waals surface area contributed by atoms with Crippen molar-refractivity contribution in [2.24, 2.45) is 0 Å². The smallest absolute Gasteiger partial charge is 0.450 e. The van der Waals surface area contributed by atoms with Crippen molar-refractivity contribution in [1.82, 2.24) is 4.90 Å². The highest BCUT2D eigenvalue weighted by Gasteiger charge is 2.40. The SMILES string of the molecule is COCCN1COc2ccc3c(=O)c(-c4ccccc4OC)c(C(F)(F)F)oc3c2C1. The third-order valence-corrected chi connectivity index (χ3v) is 5.15. The van der Waals surface area contributed by atoms with Gasteiger partial charge in [-0.25, -0.2) is 0 Å². The predicted molar refractivity (Wildman–Crippen MR) is 107 cm³/mol. The van der Waals surface area contributed by atoms with Gasteiger partial charge in [0.15, 0.2) is 0 Å². The highest BCUT2D eigenvalue weighted by molar-refractivity contribution is 5.88. The highest BCUT2D eigenvalue weighted by Crippen LogP contribution is 2.42. The molecule has 3 aromatic rings. The van der Waals surface area contributed by atoms with E-state index in [-0.39, 0.29) is 35.6 Å². The number of benzene rings is 2. The molecule has 1 aromatic heterocycles. The molecule has 1 aliphatic rings. The molecule has 0 radical (unpaired) electrons. The largest absolute Gasteiger partial charge is 0.496 e. The minimum Gasteiger partial charge on any atom is -0.496 e. The maximum Gasteiger partial charge on any atom is 0.450 e. The Bertz CT molecular complexity index is 1170. The van der Waals surface area contributed by atoms with Crippen LogP contribution in [0.25, 0.3) is 22.1 Å². The van der Waals surface area contributed by atoms with Gasteiger partial charge in [-0.15, -0.1) is 0 Å². The Kier molecular flexibility index (Phi) is 5.63. The van der Waals surface area contributed by atoms with Crippen LogP contribution in [0.5, 0.6) is 11.5 Å². The zero-order valence-electron chi connectivity index (χ0n) is 16.9. The average molecular weight is 435 g/mol. The summed E-state index contributed by atoms with van der Waals surface area (Å²) < 4.78 is 63.4.